The van der Waals surface area contributed by atoms with E-state index in [-0.39, 0.29) is 24.5 Å². The van der Waals surface area contributed by atoms with Gasteiger partial charge in [0.25, 0.3) is 11.4 Å². The van der Waals surface area contributed by atoms with Gasteiger partial charge in [0.1, 0.15) is 5.69 Å². The second-order valence-electron chi connectivity index (χ2n) is 5.14. The molecule has 0 atom stereocenters. The summed E-state index contributed by atoms with van der Waals surface area (Å²) in [4.78, 5) is 32.6. The van der Waals surface area contributed by atoms with Crippen LogP contribution in [-0.2, 0) is 4.79 Å². The summed E-state index contributed by atoms with van der Waals surface area (Å²) in [7, 11) is 0. The van der Waals surface area contributed by atoms with Gasteiger partial charge in [-0.25, -0.2) is 0 Å². The highest BCUT2D eigenvalue weighted by molar-refractivity contribution is 5.92. The van der Waals surface area contributed by atoms with Crippen LogP contribution in [0.4, 0.5) is 17.1 Å². The van der Waals surface area contributed by atoms with Gasteiger partial charge in [-0.1, -0.05) is 24.3 Å². The fourth-order valence-electron chi connectivity index (χ4n) is 2.18. The third-order valence-electron chi connectivity index (χ3n) is 3.39. The summed E-state index contributed by atoms with van der Waals surface area (Å²) < 4.78 is 0. The second kappa shape index (κ2) is 8.92. The molecule has 2 rings (SSSR count). The van der Waals surface area contributed by atoms with Crippen LogP contribution >= 0.6 is 0 Å². The van der Waals surface area contributed by atoms with E-state index in [2.05, 4.69) is 10.6 Å². The number of carbonyl (C=O) groups excluding carboxylic acids is 1. The van der Waals surface area contributed by atoms with Gasteiger partial charge < -0.3 is 10.6 Å². The van der Waals surface area contributed by atoms with Crippen LogP contribution in [0.25, 0.3) is 6.08 Å². The number of nitrogens with one attached hydrogen (secondary N) is 2. The number of carbonyl (C=O) groups is 1. The van der Waals surface area contributed by atoms with E-state index in [0.717, 1.165) is 0 Å². The molecule has 9 nitrogen and oxygen atoms in total. The van der Waals surface area contributed by atoms with E-state index in [1.165, 1.54) is 30.4 Å². The molecule has 0 heterocycles. The molecular weight excluding hydrogens is 340 g/mol. The van der Waals surface area contributed by atoms with Crippen molar-refractivity contribution in [2.75, 3.05) is 18.4 Å². The van der Waals surface area contributed by atoms with Crippen molar-refractivity contribution in [2.45, 2.75) is 0 Å². The Balaban J connectivity index is 1.85. The number of amides is 1. The van der Waals surface area contributed by atoms with Gasteiger partial charge in [-0.2, -0.15) is 0 Å². The average molecular weight is 356 g/mol. The van der Waals surface area contributed by atoms with Crippen LogP contribution in [0.15, 0.2) is 54.6 Å². The molecule has 0 aliphatic carbocycles. The maximum absolute atomic E-state index is 11.8. The van der Waals surface area contributed by atoms with Crippen LogP contribution in [0.5, 0.6) is 0 Å². The number of hydrogen-bond acceptors (Lipinski definition) is 6. The molecule has 0 fully saturated rings. The van der Waals surface area contributed by atoms with Crippen molar-refractivity contribution < 1.29 is 14.6 Å². The van der Waals surface area contributed by atoms with Crippen molar-refractivity contribution >= 4 is 29.0 Å². The topological polar surface area (TPSA) is 127 Å². The van der Waals surface area contributed by atoms with Crippen molar-refractivity contribution in [3.05, 3.63) is 80.4 Å². The Hall–Kier alpha value is -3.75. The van der Waals surface area contributed by atoms with Crippen molar-refractivity contribution in [1.82, 2.24) is 5.32 Å². The Bertz CT molecular complexity index is 851. The first-order valence-corrected chi connectivity index (χ1v) is 7.65. The molecule has 2 N–H and O–H groups in total. The zero-order valence-corrected chi connectivity index (χ0v) is 13.6. The highest BCUT2D eigenvalue weighted by atomic mass is 16.6. The third-order valence-corrected chi connectivity index (χ3v) is 3.39. The van der Waals surface area contributed by atoms with Crippen molar-refractivity contribution in [3.8, 4) is 0 Å². The van der Waals surface area contributed by atoms with Crippen LogP contribution in [0.2, 0.25) is 0 Å². The first-order chi connectivity index (χ1) is 12.5. The number of hydrogen-bond donors (Lipinski definition) is 2. The van der Waals surface area contributed by atoms with Crippen molar-refractivity contribution in [2.24, 2.45) is 0 Å². The number of benzene rings is 2. The number of nitrogens with zero attached hydrogens (tertiary/aromatic N) is 2. The van der Waals surface area contributed by atoms with Crippen LogP contribution in [0, 0.1) is 20.2 Å². The average Bonchev–Trinajstić information content (AvgIpc) is 2.64. The standard InChI is InChI=1S/C17H16N4O5/c22-17(10-9-13-5-1-3-7-15(13)20(23)24)19-12-11-18-14-6-2-4-8-16(14)21(25)26/h1-10,18H,11-12H2,(H,19,22)/b10-9+. The zero-order valence-electron chi connectivity index (χ0n) is 13.6. The molecule has 2 aromatic rings. The van der Waals surface area contributed by atoms with Gasteiger partial charge in [-0.05, 0) is 18.2 Å². The lowest BCUT2D eigenvalue weighted by molar-refractivity contribution is -0.385. The number of para-hydroxylation sites is 3. The van der Waals surface area contributed by atoms with E-state index in [4.69, 9.17) is 0 Å². The molecule has 0 bridgehead atoms. The summed E-state index contributed by atoms with van der Waals surface area (Å²) in [5, 5.41) is 27.3. The van der Waals surface area contributed by atoms with E-state index in [0.29, 0.717) is 11.3 Å². The van der Waals surface area contributed by atoms with Gasteiger partial charge in [-0.3, -0.25) is 25.0 Å². The minimum atomic E-state index is -0.520. The molecule has 26 heavy (non-hydrogen) atoms. The summed E-state index contributed by atoms with van der Waals surface area (Å²) in [5.74, 6) is -0.424. The van der Waals surface area contributed by atoms with Crippen LogP contribution in [-0.4, -0.2) is 28.8 Å². The molecule has 2 aromatic carbocycles. The van der Waals surface area contributed by atoms with Crippen LogP contribution in [0.1, 0.15) is 5.56 Å². The lowest BCUT2D eigenvalue weighted by Gasteiger charge is -2.07. The van der Waals surface area contributed by atoms with E-state index in [9.17, 15) is 25.0 Å². The molecule has 0 unspecified atom stereocenters. The number of anilines is 1. The van der Waals surface area contributed by atoms with Gasteiger partial charge in [0, 0.05) is 31.3 Å². The van der Waals surface area contributed by atoms with Gasteiger partial charge in [0.2, 0.25) is 5.91 Å². The van der Waals surface area contributed by atoms with E-state index in [1.54, 1.807) is 30.3 Å². The fourth-order valence-corrected chi connectivity index (χ4v) is 2.18. The highest BCUT2D eigenvalue weighted by Crippen LogP contribution is 2.22. The molecule has 0 aliphatic rings. The van der Waals surface area contributed by atoms with Gasteiger partial charge in [0.05, 0.1) is 15.4 Å². The third kappa shape index (κ3) is 5.13. The highest BCUT2D eigenvalue weighted by Gasteiger charge is 2.11. The lowest BCUT2D eigenvalue weighted by Crippen LogP contribution is -2.27. The lowest BCUT2D eigenvalue weighted by atomic mass is 10.1. The normalized spacial score (nSPS) is 10.5. The smallest absolute Gasteiger partial charge is 0.292 e. The summed E-state index contributed by atoms with van der Waals surface area (Å²) in [6.07, 6.45) is 2.57. The Morgan fingerprint density at radius 3 is 2.23 bits per heavy atom. The molecule has 0 radical (unpaired) electrons. The molecule has 9 heteroatoms. The second-order valence-corrected chi connectivity index (χ2v) is 5.14. The maximum Gasteiger partial charge on any atom is 0.292 e. The van der Waals surface area contributed by atoms with Crippen molar-refractivity contribution in [3.63, 3.8) is 0 Å². The van der Waals surface area contributed by atoms with Gasteiger partial charge >= 0.3 is 0 Å². The van der Waals surface area contributed by atoms with E-state index >= 15 is 0 Å². The summed E-state index contributed by atoms with van der Waals surface area (Å²) in [6, 6.07) is 12.3. The molecule has 0 aromatic heterocycles. The number of nitro groups is 2. The fraction of sp³-hybridized carbons (Fsp3) is 0.118. The molecule has 1 amide bonds. The Morgan fingerprint density at radius 2 is 1.54 bits per heavy atom. The van der Waals surface area contributed by atoms with E-state index in [1.807, 2.05) is 0 Å². The molecule has 0 spiro atoms. The minimum Gasteiger partial charge on any atom is -0.378 e. The first-order valence-electron chi connectivity index (χ1n) is 7.65. The summed E-state index contributed by atoms with van der Waals surface area (Å²) >= 11 is 0. The first kappa shape index (κ1) is 18.6. The molecule has 0 aliphatic heterocycles. The Labute approximate surface area is 148 Å². The van der Waals surface area contributed by atoms with Gasteiger partial charge in [-0.15, -0.1) is 0 Å². The monoisotopic (exact) mass is 356 g/mol. The molecule has 0 saturated heterocycles. The Kier molecular flexibility index (Phi) is 6.38. The summed E-state index contributed by atoms with van der Waals surface area (Å²) in [6.45, 7) is 0.516. The number of rotatable bonds is 8. The van der Waals surface area contributed by atoms with E-state index < -0.39 is 15.8 Å². The van der Waals surface area contributed by atoms with Gasteiger partial charge in [0.15, 0.2) is 0 Å². The zero-order chi connectivity index (χ0) is 18.9. The summed E-state index contributed by atoms with van der Waals surface area (Å²) in [5.41, 5.74) is 0.553. The predicted molar refractivity (Wildman–Crippen MR) is 96.7 cm³/mol. The SMILES string of the molecule is O=C(/C=C/c1ccccc1[N+](=O)[O-])NCCNc1ccccc1[N+](=O)[O-]. The minimum absolute atomic E-state index is 0.0462. The van der Waals surface area contributed by atoms with Crippen LogP contribution < -0.4 is 10.6 Å². The number of nitro benzene ring substituents is 2. The predicted octanol–water partition coefficient (Wildman–Crippen LogP) is 2.74. The molecule has 0 saturated carbocycles. The maximum atomic E-state index is 11.8. The van der Waals surface area contributed by atoms with Crippen molar-refractivity contribution in [1.29, 1.82) is 0 Å². The molecule has 134 valence electrons. The Morgan fingerprint density at radius 1 is 0.923 bits per heavy atom. The largest absolute Gasteiger partial charge is 0.378 e. The van der Waals surface area contributed by atoms with Crippen LogP contribution in [0.3, 0.4) is 0 Å². The molecular formula is C17H16N4O5. The quantitative estimate of drug-likeness (QED) is 0.324.